The van der Waals surface area contributed by atoms with Crippen LogP contribution in [0.2, 0.25) is 0 Å². The molecule has 2 amide bonds. The average Bonchev–Trinajstić information content (AvgIpc) is 2.68. The molecule has 2 aromatic carbocycles. The summed E-state index contributed by atoms with van der Waals surface area (Å²) in [5.41, 5.74) is 2.34. The fourth-order valence-electron chi connectivity index (χ4n) is 2.55. The van der Waals surface area contributed by atoms with Crippen LogP contribution in [-0.2, 0) is 14.3 Å². The van der Waals surface area contributed by atoms with E-state index >= 15 is 0 Å². The molecule has 7 nitrogen and oxygen atoms in total. The van der Waals surface area contributed by atoms with Crippen molar-refractivity contribution in [1.29, 1.82) is 0 Å². The van der Waals surface area contributed by atoms with Crippen LogP contribution in [0.5, 0.6) is 5.75 Å². The standard InChI is InChI=1S/C20H25N3O4/c1-23(2)15-11-9-14(10-12-15)22-20(25)19(24)21-13-18(27-4)16-7-5-6-8-17(16)26-3/h5-12,18H,13H2,1-4H3,(H,21,24)(H,22,25). The van der Waals surface area contributed by atoms with E-state index in [4.69, 9.17) is 9.47 Å². The molecule has 2 aromatic rings. The molecule has 0 heterocycles. The number of anilines is 2. The molecular formula is C20H25N3O4. The summed E-state index contributed by atoms with van der Waals surface area (Å²) in [5.74, 6) is -0.810. The van der Waals surface area contributed by atoms with E-state index in [-0.39, 0.29) is 6.54 Å². The van der Waals surface area contributed by atoms with E-state index in [1.165, 1.54) is 7.11 Å². The predicted octanol–water partition coefficient (Wildman–Crippen LogP) is 2.20. The number of carbonyl (C=O) groups is 2. The fraction of sp³-hybridized carbons (Fsp3) is 0.300. The first-order valence-electron chi connectivity index (χ1n) is 8.48. The molecule has 0 saturated heterocycles. The average molecular weight is 371 g/mol. The van der Waals surface area contributed by atoms with Gasteiger partial charge < -0.3 is 25.0 Å². The zero-order valence-corrected chi connectivity index (χ0v) is 16.0. The van der Waals surface area contributed by atoms with E-state index in [2.05, 4.69) is 10.6 Å². The smallest absolute Gasteiger partial charge is 0.313 e. The number of amides is 2. The first-order valence-corrected chi connectivity index (χ1v) is 8.48. The Morgan fingerprint density at radius 1 is 1.00 bits per heavy atom. The number of benzene rings is 2. The number of para-hydroxylation sites is 1. The first kappa shape index (κ1) is 20.3. The van der Waals surface area contributed by atoms with Gasteiger partial charge in [0.05, 0.1) is 7.11 Å². The van der Waals surface area contributed by atoms with Crippen molar-refractivity contribution in [2.45, 2.75) is 6.10 Å². The van der Waals surface area contributed by atoms with Gasteiger partial charge in [0, 0.05) is 44.7 Å². The Morgan fingerprint density at radius 2 is 1.67 bits per heavy atom. The minimum Gasteiger partial charge on any atom is -0.496 e. The van der Waals surface area contributed by atoms with Gasteiger partial charge in [0.1, 0.15) is 11.9 Å². The number of ether oxygens (including phenoxy) is 2. The SMILES string of the molecule is COc1ccccc1C(CNC(=O)C(=O)Nc1ccc(N(C)C)cc1)OC. The van der Waals surface area contributed by atoms with Crippen LogP contribution in [-0.4, -0.2) is 46.7 Å². The molecule has 7 heteroatoms. The number of rotatable bonds is 7. The molecule has 27 heavy (non-hydrogen) atoms. The molecule has 0 bridgehead atoms. The van der Waals surface area contributed by atoms with Crippen molar-refractivity contribution >= 4 is 23.2 Å². The number of nitrogens with one attached hydrogen (secondary N) is 2. The van der Waals surface area contributed by atoms with Crippen LogP contribution in [0.4, 0.5) is 11.4 Å². The second kappa shape index (κ2) is 9.59. The van der Waals surface area contributed by atoms with Gasteiger partial charge in [-0.3, -0.25) is 9.59 Å². The Kier molecular flexibility index (Phi) is 7.19. The molecule has 1 atom stereocenters. The van der Waals surface area contributed by atoms with E-state index < -0.39 is 17.9 Å². The van der Waals surface area contributed by atoms with Crippen LogP contribution in [0.15, 0.2) is 48.5 Å². The van der Waals surface area contributed by atoms with Crippen LogP contribution in [0.25, 0.3) is 0 Å². The third-order valence-electron chi connectivity index (χ3n) is 4.07. The number of hydrogen-bond donors (Lipinski definition) is 2. The van der Waals surface area contributed by atoms with E-state index in [0.717, 1.165) is 11.3 Å². The molecule has 0 radical (unpaired) electrons. The Morgan fingerprint density at radius 3 is 2.26 bits per heavy atom. The van der Waals surface area contributed by atoms with Gasteiger partial charge in [-0.25, -0.2) is 0 Å². The van der Waals surface area contributed by atoms with Gasteiger partial charge >= 0.3 is 11.8 Å². The quantitative estimate of drug-likeness (QED) is 0.730. The number of nitrogens with zero attached hydrogens (tertiary/aromatic N) is 1. The summed E-state index contributed by atoms with van der Waals surface area (Å²) < 4.78 is 10.7. The summed E-state index contributed by atoms with van der Waals surface area (Å²) in [7, 11) is 6.96. The maximum absolute atomic E-state index is 12.1. The minimum absolute atomic E-state index is 0.142. The Hall–Kier alpha value is -3.06. The zero-order valence-electron chi connectivity index (χ0n) is 16.0. The van der Waals surface area contributed by atoms with Gasteiger partial charge in [-0.15, -0.1) is 0 Å². The predicted molar refractivity (Wildman–Crippen MR) is 105 cm³/mol. The van der Waals surface area contributed by atoms with E-state index in [1.807, 2.05) is 55.4 Å². The summed E-state index contributed by atoms with van der Waals surface area (Å²) in [6.45, 7) is 0.142. The van der Waals surface area contributed by atoms with Gasteiger partial charge in [0.2, 0.25) is 0 Å². The Balaban J connectivity index is 1.94. The summed E-state index contributed by atoms with van der Waals surface area (Å²) in [6, 6.07) is 14.6. The monoisotopic (exact) mass is 371 g/mol. The van der Waals surface area contributed by atoms with Gasteiger partial charge in [0.15, 0.2) is 0 Å². The van der Waals surface area contributed by atoms with Crippen molar-refractivity contribution in [2.75, 3.05) is 45.1 Å². The molecule has 0 aliphatic carbocycles. The van der Waals surface area contributed by atoms with Gasteiger partial charge in [-0.2, -0.15) is 0 Å². The Bertz CT molecular complexity index is 775. The Labute approximate surface area is 159 Å². The largest absolute Gasteiger partial charge is 0.496 e. The maximum Gasteiger partial charge on any atom is 0.313 e. The third-order valence-corrected chi connectivity index (χ3v) is 4.07. The molecule has 0 fully saturated rings. The minimum atomic E-state index is -0.734. The van der Waals surface area contributed by atoms with Crippen LogP contribution in [0.3, 0.4) is 0 Å². The van der Waals surface area contributed by atoms with E-state index in [1.54, 1.807) is 19.2 Å². The van der Waals surface area contributed by atoms with Crippen molar-refractivity contribution < 1.29 is 19.1 Å². The van der Waals surface area contributed by atoms with Crippen molar-refractivity contribution in [3.8, 4) is 5.75 Å². The molecule has 0 aliphatic heterocycles. The van der Waals surface area contributed by atoms with E-state index in [0.29, 0.717) is 11.4 Å². The molecule has 2 rings (SSSR count). The number of hydrogen-bond acceptors (Lipinski definition) is 5. The second-order valence-corrected chi connectivity index (χ2v) is 6.07. The van der Waals surface area contributed by atoms with Crippen LogP contribution in [0.1, 0.15) is 11.7 Å². The lowest BCUT2D eigenvalue weighted by Crippen LogP contribution is -2.38. The molecule has 0 saturated carbocycles. The van der Waals surface area contributed by atoms with Crippen molar-refractivity contribution in [1.82, 2.24) is 5.32 Å². The lowest BCUT2D eigenvalue weighted by Gasteiger charge is -2.19. The molecule has 0 spiro atoms. The second-order valence-electron chi connectivity index (χ2n) is 6.07. The highest BCUT2D eigenvalue weighted by atomic mass is 16.5. The number of carbonyl (C=O) groups excluding carboxylic acids is 2. The summed E-state index contributed by atoms with van der Waals surface area (Å²) >= 11 is 0. The molecule has 144 valence electrons. The van der Waals surface area contributed by atoms with Crippen molar-refractivity contribution in [3.05, 3.63) is 54.1 Å². The zero-order chi connectivity index (χ0) is 19.8. The van der Waals surface area contributed by atoms with Crippen LogP contribution in [0, 0.1) is 0 Å². The van der Waals surface area contributed by atoms with Gasteiger partial charge in [0.25, 0.3) is 0 Å². The topological polar surface area (TPSA) is 79.9 Å². The van der Waals surface area contributed by atoms with Crippen LogP contribution < -0.4 is 20.3 Å². The highest BCUT2D eigenvalue weighted by Gasteiger charge is 2.19. The van der Waals surface area contributed by atoms with Crippen molar-refractivity contribution in [3.63, 3.8) is 0 Å². The lowest BCUT2D eigenvalue weighted by molar-refractivity contribution is -0.136. The van der Waals surface area contributed by atoms with Crippen LogP contribution >= 0.6 is 0 Å². The normalized spacial score (nSPS) is 11.4. The molecule has 0 aromatic heterocycles. The molecule has 0 aliphatic rings. The lowest BCUT2D eigenvalue weighted by atomic mass is 10.1. The van der Waals surface area contributed by atoms with Gasteiger partial charge in [-0.05, 0) is 30.3 Å². The van der Waals surface area contributed by atoms with Crippen molar-refractivity contribution in [2.24, 2.45) is 0 Å². The van der Waals surface area contributed by atoms with Gasteiger partial charge in [-0.1, -0.05) is 18.2 Å². The summed E-state index contributed by atoms with van der Waals surface area (Å²) in [6.07, 6.45) is -0.433. The van der Waals surface area contributed by atoms with E-state index in [9.17, 15) is 9.59 Å². The maximum atomic E-state index is 12.1. The first-order chi connectivity index (χ1) is 13.0. The third kappa shape index (κ3) is 5.46. The number of methoxy groups -OCH3 is 2. The highest BCUT2D eigenvalue weighted by molar-refractivity contribution is 6.39. The molecular weight excluding hydrogens is 346 g/mol. The molecule has 1 unspecified atom stereocenters. The summed E-state index contributed by atoms with van der Waals surface area (Å²) in [4.78, 5) is 26.1. The summed E-state index contributed by atoms with van der Waals surface area (Å²) in [5, 5.41) is 5.17. The fourth-order valence-corrected chi connectivity index (χ4v) is 2.55. The highest BCUT2D eigenvalue weighted by Crippen LogP contribution is 2.26. The molecule has 2 N–H and O–H groups in total.